The lowest BCUT2D eigenvalue weighted by Gasteiger charge is -2.47. The van der Waals surface area contributed by atoms with Gasteiger partial charge in [0.25, 0.3) is 0 Å². The number of carbonyl (C=O) groups excluding carboxylic acids is 3. The Morgan fingerprint density at radius 1 is 1.17 bits per heavy atom. The van der Waals surface area contributed by atoms with Crippen LogP contribution in [0.2, 0.25) is 0 Å². The summed E-state index contributed by atoms with van der Waals surface area (Å²) in [7, 11) is 3.73. The van der Waals surface area contributed by atoms with Crippen LogP contribution < -0.4 is 5.73 Å². The smallest absolute Gasteiger partial charge is 0.338 e. The molecule has 4 N–H and O–H groups in total. The lowest BCUT2D eigenvalue weighted by molar-refractivity contribution is -0.296. The number of esters is 1. The standard InChI is InChI=1S/C33H55N3O10/c1-11-24-33(8,41)25-13-22(35-31(34)40)18(3)14-32(7,43-16-17(2)15-42-25)28(20(5)26(37)21(6)29(39)45-24)46-30-27(38)23(36(9)10)12-19(4)44-30/h18-21,23-25,27-28,30,38,41H,2,11-16H2,1,3-10H3,(H2,34,40)/t18-,19-,20+,21-,23+,24-,25-,27-,28-,30+,32-,33-/m1/s1. The summed E-state index contributed by atoms with van der Waals surface area (Å²) in [5.41, 5.74) is 3.39. The van der Waals surface area contributed by atoms with Crippen molar-refractivity contribution in [3.05, 3.63) is 12.2 Å². The molecule has 262 valence electrons. The van der Waals surface area contributed by atoms with Crippen molar-refractivity contribution in [2.45, 2.75) is 128 Å². The van der Waals surface area contributed by atoms with Gasteiger partial charge in [0.15, 0.2) is 12.1 Å². The molecule has 0 aromatic rings. The molecule has 0 aromatic carbocycles. The summed E-state index contributed by atoms with van der Waals surface area (Å²) < 4.78 is 31.3. The SMILES string of the molecule is C=C1CO[C@@H]2CC(=NC(N)=O)[C@H](C)C[C@@](C)(OC1)[C@H](O[C@@H]1O[C@H](C)C[C@H](N(C)C)[C@H]1O)[C@@H](C)C(=O)[C@@H](C)C(=O)O[C@H](CC)[C@@]2(C)O. The molecule has 46 heavy (non-hydrogen) atoms. The maximum Gasteiger partial charge on any atom is 0.338 e. The Morgan fingerprint density at radius 3 is 2.41 bits per heavy atom. The van der Waals surface area contributed by atoms with Crippen LogP contribution >= 0.6 is 0 Å². The van der Waals surface area contributed by atoms with Gasteiger partial charge in [0.1, 0.15) is 23.7 Å². The molecule has 3 fully saturated rings. The van der Waals surface area contributed by atoms with Crippen LogP contribution in [0.1, 0.15) is 74.1 Å². The first-order chi connectivity index (χ1) is 21.3. The third-order valence-corrected chi connectivity index (χ3v) is 9.80. The highest BCUT2D eigenvalue weighted by Crippen LogP contribution is 2.39. The van der Waals surface area contributed by atoms with Gasteiger partial charge >= 0.3 is 12.0 Å². The van der Waals surface area contributed by atoms with E-state index in [0.717, 1.165) is 0 Å². The molecule has 12 atom stereocenters. The summed E-state index contributed by atoms with van der Waals surface area (Å²) in [4.78, 5) is 45.8. The van der Waals surface area contributed by atoms with Gasteiger partial charge in [-0.2, -0.15) is 0 Å². The van der Waals surface area contributed by atoms with E-state index in [1.54, 1.807) is 20.8 Å². The van der Waals surface area contributed by atoms with Crippen molar-refractivity contribution >= 4 is 23.5 Å². The summed E-state index contributed by atoms with van der Waals surface area (Å²) in [5, 5.41) is 23.2. The van der Waals surface area contributed by atoms with E-state index in [-0.39, 0.29) is 44.6 Å². The second-order valence-electron chi connectivity index (χ2n) is 14.0. The number of carbonyl (C=O) groups is 3. The number of likely N-dealkylation sites (N-methyl/N-ethyl adjacent to an activating group) is 1. The molecule has 0 spiro atoms. The van der Waals surface area contributed by atoms with E-state index < -0.39 is 77.4 Å². The maximum atomic E-state index is 14.1. The number of aliphatic hydroxyl groups is 2. The number of fused-ring (bicyclic) bond motifs is 5. The minimum Gasteiger partial charge on any atom is -0.459 e. The molecule has 2 bridgehead atoms. The van der Waals surface area contributed by atoms with Crippen LogP contribution in [-0.2, 0) is 33.3 Å². The minimum atomic E-state index is -1.75. The minimum absolute atomic E-state index is 0.00808. The zero-order chi connectivity index (χ0) is 34.7. The Kier molecular flexibility index (Phi) is 12.7. The number of hydrogen-bond acceptors (Lipinski definition) is 11. The number of primary amides is 1. The number of ether oxygens (including phenoxy) is 5. The van der Waals surface area contributed by atoms with Gasteiger partial charge in [0.2, 0.25) is 0 Å². The second kappa shape index (κ2) is 15.3. The number of rotatable bonds is 4. The topological polar surface area (TPSA) is 179 Å². The maximum absolute atomic E-state index is 14.1. The molecule has 0 aromatic heterocycles. The Hall–Kier alpha value is -2.26. The van der Waals surface area contributed by atoms with Gasteiger partial charge in [-0.25, -0.2) is 9.79 Å². The Labute approximate surface area is 272 Å². The van der Waals surface area contributed by atoms with E-state index in [0.29, 0.717) is 17.7 Å². The van der Waals surface area contributed by atoms with Gasteiger partial charge in [-0.05, 0) is 72.5 Å². The first kappa shape index (κ1) is 38.2. The van der Waals surface area contributed by atoms with Crippen LogP contribution in [-0.4, -0.2) is 120 Å². The number of cyclic esters (lactones) is 1. The molecule has 2 amide bonds. The molecule has 0 unspecified atom stereocenters. The van der Waals surface area contributed by atoms with Gasteiger partial charge in [-0.3, -0.25) is 9.59 Å². The lowest BCUT2D eigenvalue weighted by Crippen LogP contribution is -2.59. The van der Waals surface area contributed by atoms with Crippen molar-refractivity contribution < 1.29 is 48.3 Å². The van der Waals surface area contributed by atoms with Crippen LogP contribution in [0.3, 0.4) is 0 Å². The van der Waals surface area contributed by atoms with Crippen molar-refractivity contribution in [1.82, 2.24) is 4.90 Å². The normalized spacial score (nSPS) is 43.0. The molecular formula is C33H55N3O10. The number of amides is 2. The van der Waals surface area contributed by atoms with E-state index in [4.69, 9.17) is 29.4 Å². The lowest BCUT2D eigenvalue weighted by atomic mass is 9.76. The summed E-state index contributed by atoms with van der Waals surface area (Å²) in [5.74, 6) is -3.96. The Bertz CT molecular complexity index is 1160. The molecule has 0 aliphatic carbocycles. The quantitative estimate of drug-likeness (QED) is 0.230. The fourth-order valence-corrected chi connectivity index (χ4v) is 6.95. The van der Waals surface area contributed by atoms with Gasteiger partial charge in [0, 0.05) is 24.1 Å². The number of hydrogen-bond donors (Lipinski definition) is 3. The highest BCUT2D eigenvalue weighted by Gasteiger charge is 2.51. The van der Waals surface area contributed by atoms with E-state index in [2.05, 4.69) is 11.6 Å². The third kappa shape index (κ3) is 8.60. The van der Waals surface area contributed by atoms with E-state index in [1.165, 1.54) is 13.8 Å². The number of urea groups is 1. The van der Waals surface area contributed by atoms with E-state index >= 15 is 0 Å². The fraction of sp³-hybridized carbons (Fsp3) is 0.818. The molecule has 3 aliphatic rings. The van der Waals surface area contributed by atoms with Crippen molar-refractivity contribution in [2.75, 3.05) is 27.3 Å². The van der Waals surface area contributed by atoms with Crippen molar-refractivity contribution in [3.63, 3.8) is 0 Å². The van der Waals surface area contributed by atoms with E-state index in [1.807, 2.05) is 32.8 Å². The number of nitrogens with two attached hydrogens (primary N) is 1. The highest BCUT2D eigenvalue weighted by molar-refractivity contribution is 6.00. The summed E-state index contributed by atoms with van der Waals surface area (Å²) in [6.07, 6.45) is -4.63. The monoisotopic (exact) mass is 653 g/mol. The molecule has 0 saturated carbocycles. The largest absolute Gasteiger partial charge is 0.459 e. The number of nitrogens with zero attached hydrogens (tertiary/aromatic N) is 2. The third-order valence-electron chi connectivity index (χ3n) is 9.80. The zero-order valence-corrected chi connectivity index (χ0v) is 28.9. The van der Waals surface area contributed by atoms with E-state index in [9.17, 15) is 24.6 Å². The highest BCUT2D eigenvalue weighted by atomic mass is 16.7. The van der Waals surface area contributed by atoms with Crippen molar-refractivity contribution in [3.8, 4) is 0 Å². The average Bonchev–Trinajstić information content (AvgIpc) is 2.99. The van der Waals surface area contributed by atoms with Crippen LogP contribution in [0.15, 0.2) is 17.1 Å². The number of aliphatic imine (C=N–C) groups is 1. The van der Waals surface area contributed by atoms with Gasteiger partial charge in [-0.15, -0.1) is 0 Å². The van der Waals surface area contributed by atoms with Crippen LogP contribution in [0.4, 0.5) is 4.79 Å². The predicted molar refractivity (Wildman–Crippen MR) is 170 cm³/mol. The van der Waals surface area contributed by atoms with Crippen LogP contribution in [0, 0.1) is 17.8 Å². The second-order valence-corrected chi connectivity index (χ2v) is 14.0. The fourth-order valence-electron chi connectivity index (χ4n) is 6.95. The molecule has 3 aliphatic heterocycles. The summed E-state index contributed by atoms with van der Waals surface area (Å²) in [6, 6.07) is -1.20. The molecular weight excluding hydrogens is 598 g/mol. The van der Waals surface area contributed by atoms with Crippen molar-refractivity contribution in [2.24, 2.45) is 28.5 Å². The molecule has 13 nitrogen and oxygen atoms in total. The average molecular weight is 654 g/mol. The molecule has 3 rings (SSSR count). The first-order valence-corrected chi connectivity index (χ1v) is 16.2. The Morgan fingerprint density at radius 2 is 1.83 bits per heavy atom. The number of aliphatic hydroxyl groups excluding tert-OH is 1. The predicted octanol–water partition coefficient (Wildman–Crippen LogP) is 2.39. The first-order valence-electron chi connectivity index (χ1n) is 16.2. The van der Waals surface area contributed by atoms with Crippen LogP contribution in [0.5, 0.6) is 0 Å². The molecule has 3 heterocycles. The van der Waals surface area contributed by atoms with Gasteiger partial charge in [-0.1, -0.05) is 27.4 Å². The van der Waals surface area contributed by atoms with Crippen LogP contribution in [0.25, 0.3) is 0 Å². The number of ketones is 1. The van der Waals surface area contributed by atoms with Gasteiger partial charge < -0.3 is 44.5 Å². The zero-order valence-electron chi connectivity index (χ0n) is 28.9. The van der Waals surface area contributed by atoms with Gasteiger partial charge in [0.05, 0.1) is 37.1 Å². The molecule has 0 radical (unpaired) electrons. The summed E-state index contributed by atoms with van der Waals surface area (Å²) >= 11 is 0. The summed E-state index contributed by atoms with van der Waals surface area (Å²) in [6.45, 7) is 16.0. The molecule has 3 saturated heterocycles. The molecule has 13 heteroatoms. The van der Waals surface area contributed by atoms with Crippen molar-refractivity contribution in [1.29, 1.82) is 0 Å². The Balaban J connectivity index is 2.24. The number of Topliss-reactive ketones (excluding diaryl/α,β-unsaturated/α-hetero) is 1.